The van der Waals surface area contributed by atoms with Crippen molar-refractivity contribution in [2.75, 3.05) is 6.54 Å². The number of hydrogen-bond acceptors (Lipinski definition) is 3. The Labute approximate surface area is 243 Å². The Balaban J connectivity index is 1.21. The fourth-order valence-electron chi connectivity index (χ4n) is 6.66. The van der Waals surface area contributed by atoms with E-state index in [1.807, 2.05) is 30.3 Å². The number of para-hydroxylation sites is 2. The average Bonchev–Trinajstić information content (AvgIpc) is 3.33. The van der Waals surface area contributed by atoms with Crippen molar-refractivity contribution in [2.24, 2.45) is 0 Å². The highest BCUT2D eigenvalue weighted by atomic mass is 35.5. The third-order valence-electron chi connectivity index (χ3n) is 8.73. The van der Waals surface area contributed by atoms with Gasteiger partial charge in [0.15, 0.2) is 0 Å². The topological polar surface area (TPSA) is 67.2 Å². The fraction of sp³-hybridized carbons (Fsp3) is 0.545. The van der Waals surface area contributed by atoms with Crippen LogP contribution in [0.4, 0.5) is 0 Å². The molecule has 0 saturated heterocycles. The van der Waals surface area contributed by atoms with Gasteiger partial charge in [-0.3, -0.25) is 9.59 Å². The highest BCUT2D eigenvalue weighted by Gasteiger charge is 2.33. The average molecular weight is 563 g/mol. The molecule has 0 spiro atoms. The highest BCUT2D eigenvalue weighted by Crippen LogP contribution is 2.31. The van der Waals surface area contributed by atoms with Crippen molar-refractivity contribution in [2.45, 2.75) is 109 Å². The maximum atomic E-state index is 14.1. The van der Waals surface area contributed by atoms with Crippen LogP contribution in [0.1, 0.15) is 99.7 Å². The minimum absolute atomic E-state index is 0.133. The first-order valence-electron chi connectivity index (χ1n) is 15.4. The van der Waals surface area contributed by atoms with Gasteiger partial charge in [0.2, 0.25) is 5.91 Å². The van der Waals surface area contributed by atoms with E-state index in [2.05, 4.69) is 20.9 Å². The van der Waals surface area contributed by atoms with Gasteiger partial charge in [-0.15, -0.1) is 0 Å². The van der Waals surface area contributed by atoms with E-state index in [0.29, 0.717) is 35.8 Å². The number of halogens is 1. The molecule has 0 unspecified atom stereocenters. The molecule has 214 valence electrons. The van der Waals surface area contributed by atoms with Gasteiger partial charge < -0.3 is 14.8 Å². The van der Waals surface area contributed by atoms with Crippen molar-refractivity contribution in [3.8, 4) is 0 Å². The Morgan fingerprint density at radius 2 is 1.50 bits per heavy atom. The van der Waals surface area contributed by atoms with Crippen LogP contribution in [0.2, 0.25) is 5.02 Å². The first-order chi connectivity index (χ1) is 19.6. The van der Waals surface area contributed by atoms with Gasteiger partial charge in [-0.2, -0.15) is 0 Å². The lowest BCUT2D eigenvalue weighted by molar-refractivity contribution is -0.138. The summed E-state index contributed by atoms with van der Waals surface area (Å²) in [5.74, 6) is 1.12. The van der Waals surface area contributed by atoms with Gasteiger partial charge in [-0.05, 0) is 62.8 Å². The number of rotatable bonds is 11. The second-order valence-corrected chi connectivity index (χ2v) is 11.9. The smallest absolute Gasteiger partial charge is 0.252 e. The van der Waals surface area contributed by atoms with Crippen molar-refractivity contribution in [1.29, 1.82) is 0 Å². The van der Waals surface area contributed by atoms with Crippen LogP contribution in [-0.2, 0) is 17.8 Å². The Morgan fingerprint density at radius 1 is 0.850 bits per heavy atom. The van der Waals surface area contributed by atoms with E-state index in [1.165, 1.54) is 38.5 Å². The number of unbranched alkanes of at least 4 members (excludes halogenated alkanes) is 2. The summed E-state index contributed by atoms with van der Waals surface area (Å²) in [7, 11) is 0. The molecule has 0 aliphatic heterocycles. The lowest BCUT2D eigenvalue weighted by Gasteiger charge is -2.42. The molecule has 2 aliphatic rings. The molecule has 2 aliphatic carbocycles. The largest absolute Gasteiger partial charge is 0.352 e. The third kappa shape index (κ3) is 7.06. The maximum Gasteiger partial charge on any atom is 0.252 e. The monoisotopic (exact) mass is 562 g/mol. The Morgan fingerprint density at radius 3 is 2.20 bits per heavy atom. The SMILES string of the molecule is O=C(NCCCCCc1nc2ccccc2n1CC(=O)N(C1CCCCC1)C1CCCCC1)c1ccccc1Cl. The van der Waals surface area contributed by atoms with Crippen molar-refractivity contribution in [1.82, 2.24) is 19.8 Å². The summed E-state index contributed by atoms with van der Waals surface area (Å²) in [5.41, 5.74) is 2.52. The summed E-state index contributed by atoms with van der Waals surface area (Å²) in [6.45, 7) is 0.980. The minimum atomic E-state index is -0.133. The number of fused-ring (bicyclic) bond motifs is 1. The zero-order chi connectivity index (χ0) is 27.7. The van der Waals surface area contributed by atoms with E-state index in [0.717, 1.165) is 68.2 Å². The number of aromatic nitrogens is 2. The van der Waals surface area contributed by atoms with E-state index in [1.54, 1.807) is 12.1 Å². The van der Waals surface area contributed by atoms with Crippen molar-refractivity contribution < 1.29 is 9.59 Å². The number of imidazole rings is 1. The molecule has 5 rings (SSSR count). The molecule has 1 N–H and O–H groups in total. The van der Waals surface area contributed by atoms with E-state index >= 15 is 0 Å². The van der Waals surface area contributed by atoms with Gasteiger partial charge in [0.05, 0.1) is 21.6 Å². The number of nitrogens with zero attached hydrogens (tertiary/aromatic N) is 3. The molecule has 2 saturated carbocycles. The predicted octanol–water partition coefficient (Wildman–Crippen LogP) is 7.33. The summed E-state index contributed by atoms with van der Waals surface area (Å²) in [5, 5.41) is 3.45. The number of carbonyl (C=O) groups excluding carboxylic acids is 2. The van der Waals surface area contributed by atoms with E-state index in [9.17, 15) is 9.59 Å². The molecule has 40 heavy (non-hydrogen) atoms. The maximum absolute atomic E-state index is 14.1. The molecular formula is C33H43ClN4O2. The van der Waals surface area contributed by atoms with Gasteiger partial charge in [0, 0.05) is 25.0 Å². The van der Waals surface area contributed by atoms with Crippen LogP contribution in [0.5, 0.6) is 0 Å². The Kier molecular flexibility index (Phi) is 10.1. The normalized spacial score (nSPS) is 16.7. The predicted molar refractivity (Wildman–Crippen MR) is 162 cm³/mol. The summed E-state index contributed by atoms with van der Waals surface area (Å²) in [6, 6.07) is 16.1. The van der Waals surface area contributed by atoms with Gasteiger partial charge in [0.25, 0.3) is 5.91 Å². The number of hydrogen-bond donors (Lipinski definition) is 1. The van der Waals surface area contributed by atoms with Crippen LogP contribution in [-0.4, -0.2) is 44.9 Å². The number of amides is 2. The Bertz CT molecular complexity index is 1260. The van der Waals surface area contributed by atoms with Crippen LogP contribution < -0.4 is 5.32 Å². The number of benzene rings is 2. The molecule has 0 atom stereocenters. The number of nitrogens with one attached hydrogen (secondary N) is 1. The van der Waals surface area contributed by atoms with Crippen LogP contribution in [0, 0.1) is 0 Å². The van der Waals surface area contributed by atoms with Crippen molar-refractivity contribution in [3.63, 3.8) is 0 Å². The molecule has 1 heterocycles. The summed E-state index contributed by atoms with van der Waals surface area (Å²) >= 11 is 6.14. The van der Waals surface area contributed by atoms with E-state index in [-0.39, 0.29) is 11.8 Å². The molecular weight excluding hydrogens is 520 g/mol. The van der Waals surface area contributed by atoms with E-state index in [4.69, 9.17) is 16.6 Å². The first kappa shape index (κ1) is 28.7. The van der Waals surface area contributed by atoms with Gasteiger partial charge in [0.1, 0.15) is 12.4 Å². The van der Waals surface area contributed by atoms with Gasteiger partial charge in [-0.1, -0.05) is 80.8 Å². The van der Waals surface area contributed by atoms with Gasteiger partial charge >= 0.3 is 0 Å². The summed E-state index contributed by atoms with van der Waals surface area (Å²) in [6.07, 6.45) is 15.7. The standard InChI is InChI=1S/C33H43ClN4O2/c34-28-19-10-9-18-27(28)33(40)35-23-13-3-8-22-31-36-29-20-11-12-21-30(29)37(31)24-32(39)38(25-14-4-1-5-15-25)26-16-6-2-7-17-26/h9-12,18-21,25-26H,1-8,13-17,22-24H2,(H,35,40). The van der Waals surface area contributed by atoms with Crippen LogP contribution in [0.25, 0.3) is 11.0 Å². The van der Waals surface area contributed by atoms with Crippen LogP contribution in [0.15, 0.2) is 48.5 Å². The van der Waals surface area contributed by atoms with Crippen LogP contribution in [0.3, 0.4) is 0 Å². The summed E-state index contributed by atoms with van der Waals surface area (Å²) in [4.78, 5) is 33.7. The number of aryl methyl sites for hydroxylation is 1. The second kappa shape index (κ2) is 14.2. The first-order valence-corrected chi connectivity index (χ1v) is 15.8. The van der Waals surface area contributed by atoms with Crippen LogP contribution >= 0.6 is 11.6 Å². The Hall–Kier alpha value is -2.86. The zero-order valence-electron chi connectivity index (χ0n) is 23.6. The minimum Gasteiger partial charge on any atom is -0.352 e. The molecule has 2 fully saturated rings. The van der Waals surface area contributed by atoms with Crippen molar-refractivity contribution >= 4 is 34.4 Å². The molecule has 3 aromatic rings. The quantitative estimate of drug-likeness (QED) is 0.249. The molecule has 2 aromatic carbocycles. The molecule has 0 radical (unpaired) electrons. The number of carbonyl (C=O) groups is 2. The van der Waals surface area contributed by atoms with E-state index < -0.39 is 0 Å². The molecule has 7 heteroatoms. The fourth-order valence-corrected chi connectivity index (χ4v) is 6.88. The second-order valence-electron chi connectivity index (χ2n) is 11.5. The van der Waals surface area contributed by atoms with Crippen molar-refractivity contribution in [3.05, 3.63) is 64.9 Å². The molecule has 1 aromatic heterocycles. The highest BCUT2D eigenvalue weighted by molar-refractivity contribution is 6.33. The third-order valence-corrected chi connectivity index (χ3v) is 9.06. The lowest BCUT2D eigenvalue weighted by Crippen LogP contribution is -2.50. The lowest BCUT2D eigenvalue weighted by atomic mass is 9.88. The molecule has 2 amide bonds. The summed E-state index contributed by atoms with van der Waals surface area (Å²) < 4.78 is 2.18. The molecule has 0 bridgehead atoms. The zero-order valence-corrected chi connectivity index (χ0v) is 24.4. The molecule has 6 nitrogen and oxygen atoms in total. The van der Waals surface area contributed by atoms with Gasteiger partial charge in [-0.25, -0.2) is 4.98 Å².